The van der Waals surface area contributed by atoms with Crippen LogP contribution in [0.4, 0.5) is 4.39 Å². The first-order valence-corrected chi connectivity index (χ1v) is 4.82. The van der Waals surface area contributed by atoms with Gasteiger partial charge in [-0.15, -0.1) is 0 Å². The number of nitrogens with one attached hydrogen (secondary N) is 1. The van der Waals surface area contributed by atoms with Crippen molar-refractivity contribution in [2.75, 3.05) is 19.7 Å². The molecule has 1 atom stereocenters. The van der Waals surface area contributed by atoms with Crippen molar-refractivity contribution in [3.05, 3.63) is 12.4 Å². The molecule has 0 aromatic carbocycles. The van der Waals surface area contributed by atoms with E-state index in [1.165, 1.54) is 0 Å². The first-order chi connectivity index (χ1) is 6.52. The van der Waals surface area contributed by atoms with E-state index in [4.69, 9.17) is 10.1 Å². The first kappa shape index (κ1) is 11.2. The Bertz CT molecular complexity index is 240. The topological polar surface area (TPSA) is 36.3 Å². The van der Waals surface area contributed by atoms with Crippen LogP contribution < -0.4 is 0 Å². The zero-order valence-corrected chi connectivity index (χ0v) is 8.72. The van der Waals surface area contributed by atoms with Crippen LogP contribution >= 0.6 is 0 Å². The molecule has 1 saturated heterocycles. The Kier molecular flexibility index (Phi) is 3.63. The van der Waals surface area contributed by atoms with Gasteiger partial charge in [-0.25, -0.2) is 4.39 Å². The third-order valence-electron chi connectivity index (χ3n) is 2.41. The van der Waals surface area contributed by atoms with Gasteiger partial charge < -0.3 is 9.64 Å². The van der Waals surface area contributed by atoms with Crippen LogP contribution in [0, 0.1) is 11.3 Å². The Labute approximate surface area is 84.1 Å². The molecular weight excluding hydrogens is 183 g/mol. The fraction of sp³-hybridized carbons (Fsp3) is 0.700. The van der Waals surface area contributed by atoms with Crippen molar-refractivity contribution in [2.45, 2.75) is 20.0 Å². The summed E-state index contributed by atoms with van der Waals surface area (Å²) in [7, 11) is 0. The van der Waals surface area contributed by atoms with E-state index in [-0.39, 0.29) is 11.9 Å². The highest BCUT2D eigenvalue weighted by Crippen LogP contribution is 2.15. The summed E-state index contributed by atoms with van der Waals surface area (Å²) < 4.78 is 18.2. The van der Waals surface area contributed by atoms with Gasteiger partial charge in [0.05, 0.1) is 12.7 Å². The summed E-state index contributed by atoms with van der Waals surface area (Å²) in [4.78, 5) is 1.68. The molecule has 1 rings (SSSR count). The lowest BCUT2D eigenvalue weighted by Crippen LogP contribution is -2.47. The fourth-order valence-corrected chi connectivity index (χ4v) is 1.45. The number of hydrogen-bond donors (Lipinski definition) is 1. The minimum atomic E-state index is -0.672. The fourth-order valence-electron chi connectivity index (χ4n) is 1.45. The molecule has 0 radical (unpaired) electrons. The Morgan fingerprint density at radius 1 is 1.64 bits per heavy atom. The lowest BCUT2D eigenvalue weighted by molar-refractivity contribution is -0.0305. The van der Waals surface area contributed by atoms with Crippen molar-refractivity contribution in [1.29, 1.82) is 5.41 Å². The summed E-state index contributed by atoms with van der Waals surface area (Å²) >= 11 is 0. The SMILES string of the molecule is C=C(F)C(=N)N1CCOC(C(C)C)C1. The van der Waals surface area contributed by atoms with Crippen LogP contribution in [-0.2, 0) is 4.74 Å². The summed E-state index contributed by atoms with van der Waals surface area (Å²) in [6.45, 7) is 8.95. The first-order valence-electron chi connectivity index (χ1n) is 4.82. The second-order valence-corrected chi connectivity index (χ2v) is 3.85. The Hall–Kier alpha value is -0.900. The minimum Gasteiger partial charge on any atom is -0.374 e. The van der Waals surface area contributed by atoms with Gasteiger partial charge in [0.15, 0.2) is 11.7 Å². The quantitative estimate of drug-likeness (QED) is 0.545. The van der Waals surface area contributed by atoms with Crippen molar-refractivity contribution in [2.24, 2.45) is 5.92 Å². The van der Waals surface area contributed by atoms with Gasteiger partial charge in [0, 0.05) is 13.1 Å². The van der Waals surface area contributed by atoms with Gasteiger partial charge in [0.25, 0.3) is 0 Å². The number of rotatable bonds is 2. The largest absolute Gasteiger partial charge is 0.374 e. The molecule has 1 unspecified atom stereocenters. The molecule has 1 heterocycles. The average Bonchev–Trinajstić information content (AvgIpc) is 2.16. The average molecular weight is 200 g/mol. The number of halogens is 1. The Balaban J connectivity index is 2.56. The summed E-state index contributed by atoms with van der Waals surface area (Å²) in [5.41, 5.74) is 0. The zero-order chi connectivity index (χ0) is 10.7. The Morgan fingerprint density at radius 2 is 2.29 bits per heavy atom. The molecule has 0 saturated carbocycles. The molecule has 0 amide bonds. The van der Waals surface area contributed by atoms with Crippen molar-refractivity contribution in [1.82, 2.24) is 4.90 Å². The monoisotopic (exact) mass is 200 g/mol. The van der Waals surface area contributed by atoms with E-state index < -0.39 is 5.83 Å². The molecule has 0 aromatic rings. The van der Waals surface area contributed by atoms with Gasteiger partial charge in [-0.1, -0.05) is 20.4 Å². The van der Waals surface area contributed by atoms with Crippen LogP contribution in [0.5, 0.6) is 0 Å². The third kappa shape index (κ3) is 2.54. The van der Waals surface area contributed by atoms with E-state index in [1.54, 1.807) is 4.90 Å². The van der Waals surface area contributed by atoms with Gasteiger partial charge in [-0.05, 0) is 5.92 Å². The third-order valence-corrected chi connectivity index (χ3v) is 2.41. The van der Waals surface area contributed by atoms with E-state index >= 15 is 0 Å². The highest BCUT2D eigenvalue weighted by molar-refractivity contribution is 5.93. The molecule has 1 fully saturated rings. The van der Waals surface area contributed by atoms with E-state index in [0.717, 1.165) is 0 Å². The number of hydrogen-bond acceptors (Lipinski definition) is 2. The van der Waals surface area contributed by atoms with Gasteiger partial charge in [0.2, 0.25) is 0 Å². The molecule has 0 bridgehead atoms. The lowest BCUT2D eigenvalue weighted by Gasteiger charge is -2.35. The molecule has 1 N–H and O–H groups in total. The van der Waals surface area contributed by atoms with Gasteiger partial charge >= 0.3 is 0 Å². The van der Waals surface area contributed by atoms with Crippen molar-refractivity contribution in [3.63, 3.8) is 0 Å². The molecule has 0 aromatic heterocycles. The predicted molar refractivity (Wildman–Crippen MR) is 54.1 cm³/mol. The molecule has 4 heteroatoms. The maximum absolute atomic E-state index is 12.7. The molecule has 1 aliphatic heterocycles. The standard InChI is InChI=1S/C10H17FN2O/c1-7(2)9-6-13(4-5-14-9)10(12)8(3)11/h7,9,12H,3-6H2,1-2H3. The van der Waals surface area contributed by atoms with Gasteiger partial charge in [0.1, 0.15) is 0 Å². The molecule has 0 aliphatic carbocycles. The second-order valence-electron chi connectivity index (χ2n) is 3.85. The van der Waals surface area contributed by atoms with Crippen LogP contribution in [0.3, 0.4) is 0 Å². The zero-order valence-electron chi connectivity index (χ0n) is 8.72. The van der Waals surface area contributed by atoms with Crippen LogP contribution in [0.15, 0.2) is 12.4 Å². The van der Waals surface area contributed by atoms with Crippen molar-refractivity contribution >= 4 is 5.84 Å². The van der Waals surface area contributed by atoms with E-state index in [0.29, 0.717) is 25.6 Å². The minimum absolute atomic E-state index is 0.0865. The van der Waals surface area contributed by atoms with Crippen molar-refractivity contribution in [3.8, 4) is 0 Å². The Morgan fingerprint density at radius 3 is 2.79 bits per heavy atom. The number of morpholine rings is 1. The normalized spacial score (nSPS) is 22.6. The van der Waals surface area contributed by atoms with E-state index in [2.05, 4.69) is 20.4 Å². The number of ether oxygens (including phenoxy) is 1. The maximum atomic E-state index is 12.7. The number of amidine groups is 1. The van der Waals surface area contributed by atoms with Crippen molar-refractivity contribution < 1.29 is 9.13 Å². The van der Waals surface area contributed by atoms with E-state index in [9.17, 15) is 4.39 Å². The summed E-state index contributed by atoms with van der Waals surface area (Å²) in [6, 6.07) is 0. The highest BCUT2D eigenvalue weighted by atomic mass is 19.1. The molecule has 0 spiro atoms. The lowest BCUT2D eigenvalue weighted by atomic mass is 10.1. The summed E-state index contributed by atoms with van der Waals surface area (Å²) in [5, 5.41) is 7.46. The van der Waals surface area contributed by atoms with Crippen LogP contribution in [0.25, 0.3) is 0 Å². The van der Waals surface area contributed by atoms with E-state index in [1.807, 2.05) is 0 Å². The highest BCUT2D eigenvalue weighted by Gasteiger charge is 2.25. The molecule has 14 heavy (non-hydrogen) atoms. The second kappa shape index (κ2) is 4.55. The predicted octanol–water partition coefficient (Wildman–Crippen LogP) is 1.80. The van der Waals surface area contributed by atoms with Gasteiger partial charge in [-0.2, -0.15) is 0 Å². The van der Waals surface area contributed by atoms with Crippen LogP contribution in [-0.4, -0.2) is 36.5 Å². The molecular formula is C10H17FN2O. The number of nitrogens with zero attached hydrogens (tertiary/aromatic N) is 1. The molecule has 3 nitrogen and oxygen atoms in total. The van der Waals surface area contributed by atoms with Crippen LogP contribution in [0.1, 0.15) is 13.8 Å². The molecule has 1 aliphatic rings. The maximum Gasteiger partial charge on any atom is 0.157 e. The molecule has 80 valence electrons. The van der Waals surface area contributed by atoms with Gasteiger partial charge in [-0.3, -0.25) is 5.41 Å². The summed E-state index contributed by atoms with van der Waals surface area (Å²) in [5.74, 6) is -0.396. The summed E-state index contributed by atoms with van der Waals surface area (Å²) in [6.07, 6.45) is 0.0865. The van der Waals surface area contributed by atoms with Crippen LogP contribution in [0.2, 0.25) is 0 Å². The smallest absolute Gasteiger partial charge is 0.157 e.